The van der Waals surface area contributed by atoms with Gasteiger partial charge in [-0.3, -0.25) is 4.79 Å². The molecule has 2 fully saturated rings. The third-order valence-electron chi connectivity index (χ3n) is 5.50. The first-order valence-electron chi connectivity index (χ1n) is 10.6. The van der Waals surface area contributed by atoms with Crippen LogP contribution in [0.25, 0.3) is 0 Å². The average Bonchev–Trinajstić information content (AvgIpc) is 3.38. The average molecular weight is 429 g/mol. The number of nitrogens with zero attached hydrogens (tertiary/aromatic N) is 2. The van der Waals surface area contributed by atoms with E-state index >= 15 is 0 Å². The minimum atomic E-state index is -3.43. The maximum absolute atomic E-state index is 12.2. The van der Waals surface area contributed by atoms with Crippen molar-refractivity contribution in [3.05, 3.63) is 53.7 Å². The highest BCUT2D eigenvalue weighted by atomic mass is 32.2. The fourth-order valence-corrected chi connectivity index (χ4v) is 4.87. The zero-order chi connectivity index (χ0) is 21.0. The Morgan fingerprint density at radius 3 is 2.50 bits per heavy atom. The lowest BCUT2D eigenvalue weighted by atomic mass is 10.1. The van der Waals surface area contributed by atoms with Crippen molar-refractivity contribution >= 4 is 21.7 Å². The molecule has 30 heavy (non-hydrogen) atoms. The molecule has 1 aromatic heterocycles. The van der Waals surface area contributed by atoms with E-state index in [1.807, 2.05) is 12.1 Å². The predicted molar refractivity (Wildman–Crippen MR) is 116 cm³/mol. The lowest BCUT2D eigenvalue weighted by Gasteiger charge is -2.17. The summed E-state index contributed by atoms with van der Waals surface area (Å²) in [5.41, 5.74) is 1.98. The van der Waals surface area contributed by atoms with Gasteiger partial charge in [0.15, 0.2) is 0 Å². The maximum Gasteiger partial charge on any atom is 0.240 e. The minimum absolute atomic E-state index is 0.0263. The highest BCUT2D eigenvalue weighted by Crippen LogP contribution is 2.22. The number of carbonyl (C=O) groups is 1. The Balaban J connectivity index is 1.24. The van der Waals surface area contributed by atoms with Crippen LogP contribution in [0.3, 0.4) is 0 Å². The van der Waals surface area contributed by atoms with Crippen LogP contribution in [0.5, 0.6) is 0 Å². The monoisotopic (exact) mass is 428 g/mol. The van der Waals surface area contributed by atoms with Crippen LogP contribution in [-0.2, 0) is 27.8 Å². The van der Waals surface area contributed by atoms with Crippen molar-refractivity contribution in [3.63, 3.8) is 0 Å². The molecule has 2 aromatic rings. The summed E-state index contributed by atoms with van der Waals surface area (Å²) in [5.74, 6) is 0.951. The molecule has 160 valence electrons. The molecule has 7 nitrogen and oxygen atoms in total. The lowest BCUT2D eigenvalue weighted by Crippen LogP contribution is -2.25. The van der Waals surface area contributed by atoms with Crippen LogP contribution < -0.4 is 14.9 Å². The number of hydrogen-bond acceptors (Lipinski definition) is 5. The molecule has 1 aromatic carbocycles. The van der Waals surface area contributed by atoms with Gasteiger partial charge in [-0.2, -0.15) is 0 Å². The summed E-state index contributed by atoms with van der Waals surface area (Å²) in [5, 5.41) is 2.96. The van der Waals surface area contributed by atoms with Crippen LogP contribution in [0.2, 0.25) is 0 Å². The van der Waals surface area contributed by atoms with Crippen molar-refractivity contribution in [1.29, 1.82) is 0 Å². The van der Waals surface area contributed by atoms with Gasteiger partial charge >= 0.3 is 0 Å². The van der Waals surface area contributed by atoms with Crippen LogP contribution in [0.15, 0.2) is 47.5 Å². The SMILES string of the molecule is O=C(CCc1ccc(S(=O)(=O)NC2CC2)cc1)NCc1ccnc(N2CCCC2)c1. The largest absolute Gasteiger partial charge is 0.357 e. The first-order chi connectivity index (χ1) is 14.5. The summed E-state index contributed by atoms with van der Waals surface area (Å²) < 4.78 is 27.1. The number of sulfonamides is 1. The van der Waals surface area contributed by atoms with Crippen LogP contribution in [-0.4, -0.2) is 38.4 Å². The maximum atomic E-state index is 12.2. The second kappa shape index (κ2) is 9.14. The quantitative estimate of drug-likeness (QED) is 0.640. The standard InChI is InChI=1S/C22H28N4O3S/c27-22(24-16-18-11-12-23-21(15-18)26-13-1-2-14-26)10-5-17-3-8-20(9-4-17)30(28,29)25-19-6-7-19/h3-4,8-9,11-12,15,19,25H,1-2,5-7,10,13-14,16H2,(H,24,27). The molecule has 0 radical (unpaired) electrons. The molecular formula is C22H28N4O3S. The van der Waals surface area contributed by atoms with Gasteiger partial charge in [0.2, 0.25) is 15.9 Å². The molecule has 0 unspecified atom stereocenters. The second-order valence-corrected chi connectivity index (χ2v) is 9.75. The molecule has 8 heteroatoms. The Morgan fingerprint density at radius 1 is 1.07 bits per heavy atom. The second-order valence-electron chi connectivity index (χ2n) is 8.03. The predicted octanol–water partition coefficient (Wildman–Crippen LogP) is 2.37. The Kier molecular flexibility index (Phi) is 6.34. The van der Waals surface area contributed by atoms with Gasteiger partial charge in [0.25, 0.3) is 0 Å². The summed E-state index contributed by atoms with van der Waals surface area (Å²) in [6.07, 6.45) is 6.94. The smallest absolute Gasteiger partial charge is 0.240 e. The third-order valence-corrected chi connectivity index (χ3v) is 7.04. The van der Waals surface area contributed by atoms with E-state index in [0.717, 1.165) is 42.9 Å². The molecule has 1 amide bonds. The van der Waals surface area contributed by atoms with E-state index in [4.69, 9.17) is 0 Å². The molecule has 4 rings (SSSR count). The fraction of sp³-hybridized carbons (Fsp3) is 0.455. The van der Waals surface area contributed by atoms with Crippen LogP contribution in [0.1, 0.15) is 43.2 Å². The Morgan fingerprint density at radius 2 is 1.80 bits per heavy atom. The summed E-state index contributed by atoms with van der Waals surface area (Å²) in [6.45, 7) is 2.56. The first-order valence-corrected chi connectivity index (χ1v) is 12.1. The number of nitrogens with one attached hydrogen (secondary N) is 2. The van der Waals surface area contributed by atoms with Crippen molar-refractivity contribution < 1.29 is 13.2 Å². The molecule has 2 aliphatic rings. The first kappa shape index (κ1) is 20.8. The normalized spacial score (nSPS) is 16.6. The van der Waals surface area contributed by atoms with E-state index in [1.165, 1.54) is 12.8 Å². The van der Waals surface area contributed by atoms with E-state index in [2.05, 4.69) is 19.9 Å². The van der Waals surface area contributed by atoms with E-state index < -0.39 is 10.0 Å². The summed E-state index contributed by atoms with van der Waals surface area (Å²) in [4.78, 5) is 19.2. The Labute approximate surface area is 177 Å². The molecular weight excluding hydrogens is 400 g/mol. The zero-order valence-corrected chi connectivity index (χ0v) is 17.8. The molecule has 1 aliphatic heterocycles. The van der Waals surface area contributed by atoms with Gasteiger partial charge < -0.3 is 10.2 Å². The van der Waals surface area contributed by atoms with Crippen molar-refractivity contribution in [1.82, 2.24) is 15.0 Å². The number of aryl methyl sites for hydroxylation is 1. The van der Waals surface area contributed by atoms with Crippen LogP contribution >= 0.6 is 0 Å². The number of carbonyl (C=O) groups excluding carboxylic acids is 1. The molecule has 1 saturated heterocycles. The molecule has 2 heterocycles. The van der Waals surface area contributed by atoms with Crippen molar-refractivity contribution in [2.75, 3.05) is 18.0 Å². The topological polar surface area (TPSA) is 91.4 Å². The number of amides is 1. The van der Waals surface area contributed by atoms with Crippen LogP contribution in [0.4, 0.5) is 5.82 Å². The third kappa shape index (κ3) is 5.58. The molecule has 0 spiro atoms. The van der Waals surface area contributed by atoms with E-state index in [1.54, 1.807) is 30.5 Å². The molecule has 0 atom stereocenters. The number of anilines is 1. The Hall–Kier alpha value is -2.45. The van der Waals surface area contributed by atoms with Crippen molar-refractivity contribution in [2.45, 2.75) is 56.0 Å². The highest BCUT2D eigenvalue weighted by molar-refractivity contribution is 7.89. The number of aromatic nitrogens is 1. The van der Waals surface area contributed by atoms with Gasteiger partial charge in [-0.05, 0) is 67.5 Å². The van der Waals surface area contributed by atoms with Gasteiger partial charge in [-0.1, -0.05) is 12.1 Å². The van der Waals surface area contributed by atoms with Gasteiger partial charge in [0.05, 0.1) is 4.90 Å². The summed E-state index contributed by atoms with van der Waals surface area (Å²) in [7, 11) is -3.43. The molecule has 1 saturated carbocycles. The van der Waals surface area contributed by atoms with Gasteiger partial charge in [0, 0.05) is 38.3 Å². The van der Waals surface area contributed by atoms with Crippen molar-refractivity contribution in [3.8, 4) is 0 Å². The fourth-order valence-electron chi connectivity index (χ4n) is 3.56. The molecule has 2 N–H and O–H groups in total. The van der Waals surface area contributed by atoms with Gasteiger partial charge in [-0.25, -0.2) is 18.1 Å². The van der Waals surface area contributed by atoms with Crippen molar-refractivity contribution in [2.24, 2.45) is 0 Å². The van der Waals surface area contributed by atoms with E-state index in [9.17, 15) is 13.2 Å². The Bertz CT molecular complexity index is 982. The number of rotatable bonds is 9. The number of benzene rings is 1. The molecule has 0 bridgehead atoms. The summed E-state index contributed by atoms with van der Waals surface area (Å²) >= 11 is 0. The summed E-state index contributed by atoms with van der Waals surface area (Å²) in [6, 6.07) is 10.8. The van der Waals surface area contributed by atoms with E-state index in [-0.39, 0.29) is 16.8 Å². The lowest BCUT2D eigenvalue weighted by molar-refractivity contribution is -0.121. The minimum Gasteiger partial charge on any atom is -0.357 e. The molecule has 1 aliphatic carbocycles. The van der Waals surface area contributed by atoms with E-state index in [0.29, 0.717) is 19.4 Å². The van der Waals surface area contributed by atoms with Gasteiger partial charge in [0.1, 0.15) is 5.82 Å². The zero-order valence-electron chi connectivity index (χ0n) is 17.0. The highest BCUT2D eigenvalue weighted by Gasteiger charge is 2.27. The number of hydrogen-bond donors (Lipinski definition) is 2. The van der Waals surface area contributed by atoms with Gasteiger partial charge in [-0.15, -0.1) is 0 Å². The van der Waals surface area contributed by atoms with Crippen LogP contribution in [0, 0.1) is 0 Å². The number of pyridine rings is 1.